The molecule has 8 heteroatoms. The molecule has 1 amide bonds. The molecule has 31 heavy (non-hydrogen) atoms. The van der Waals surface area contributed by atoms with E-state index in [1.165, 1.54) is 0 Å². The van der Waals surface area contributed by atoms with Crippen molar-refractivity contribution in [3.8, 4) is 0 Å². The van der Waals surface area contributed by atoms with Crippen LogP contribution >= 0.6 is 23.2 Å². The maximum Gasteiger partial charge on any atom is 0.417 e. The molecule has 2 aromatic carbocycles. The number of nitrogens with zero attached hydrogens (tertiary/aromatic N) is 2. The number of amides is 1. The number of H-pyrrole nitrogens is 1. The van der Waals surface area contributed by atoms with Crippen molar-refractivity contribution in [3.63, 3.8) is 0 Å². The number of aromatic nitrogens is 1. The second-order valence-electron chi connectivity index (χ2n) is 8.64. The molecule has 1 aromatic heterocycles. The van der Waals surface area contributed by atoms with Crippen LogP contribution in [0.4, 0.5) is 0 Å². The Morgan fingerprint density at radius 1 is 1.00 bits per heavy atom. The molecule has 2 aliphatic rings. The Labute approximate surface area is 189 Å². The van der Waals surface area contributed by atoms with E-state index in [0.717, 1.165) is 49.4 Å². The average molecular weight is 460 g/mol. The fraction of sp³-hybridized carbons (Fsp3) is 0.391. The maximum absolute atomic E-state index is 12.7. The molecule has 2 aliphatic heterocycles. The van der Waals surface area contributed by atoms with Crippen molar-refractivity contribution in [3.05, 3.63) is 68.1 Å². The summed E-state index contributed by atoms with van der Waals surface area (Å²) in [6, 6.07) is 11.3. The summed E-state index contributed by atoms with van der Waals surface area (Å²) >= 11 is 12.1. The van der Waals surface area contributed by atoms with Crippen molar-refractivity contribution in [1.82, 2.24) is 14.8 Å². The third-order valence-corrected chi connectivity index (χ3v) is 6.79. The molecule has 0 bridgehead atoms. The lowest BCUT2D eigenvalue weighted by atomic mass is 10.0. The number of likely N-dealkylation sites (tertiary alicyclic amines) is 2. The maximum atomic E-state index is 12.7. The Morgan fingerprint density at radius 2 is 1.71 bits per heavy atom. The summed E-state index contributed by atoms with van der Waals surface area (Å²) in [5, 5.41) is 1.20. The first-order valence-electron chi connectivity index (χ1n) is 10.5. The minimum atomic E-state index is -0.425. The molecule has 0 unspecified atom stereocenters. The number of aromatic amines is 1. The summed E-state index contributed by atoms with van der Waals surface area (Å²) < 4.78 is 5.17. The van der Waals surface area contributed by atoms with Crippen LogP contribution in [-0.2, 0) is 17.8 Å². The van der Waals surface area contributed by atoms with Crippen LogP contribution in [0.25, 0.3) is 11.1 Å². The van der Waals surface area contributed by atoms with Gasteiger partial charge in [-0.3, -0.25) is 14.7 Å². The normalized spacial score (nSPS) is 21.2. The monoisotopic (exact) mass is 459 g/mol. The Kier molecular flexibility index (Phi) is 5.54. The highest BCUT2D eigenvalue weighted by Crippen LogP contribution is 2.32. The van der Waals surface area contributed by atoms with Gasteiger partial charge in [0.15, 0.2) is 5.58 Å². The molecule has 0 saturated carbocycles. The second-order valence-corrected chi connectivity index (χ2v) is 9.51. The van der Waals surface area contributed by atoms with Crippen LogP contribution in [0.15, 0.2) is 45.6 Å². The van der Waals surface area contributed by atoms with Gasteiger partial charge in [0, 0.05) is 49.2 Å². The predicted molar refractivity (Wildman–Crippen MR) is 120 cm³/mol. The molecule has 5 rings (SSSR count). The number of oxazole rings is 1. The Morgan fingerprint density at radius 3 is 2.42 bits per heavy atom. The van der Waals surface area contributed by atoms with Crippen LogP contribution < -0.4 is 5.76 Å². The molecule has 2 saturated heterocycles. The number of carbonyl (C=O) groups is 1. The summed E-state index contributed by atoms with van der Waals surface area (Å²) in [5.41, 5.74) is 3.44. The summed E-state index contributed by atoms with van der Waals surface area (Å²) in [6.07, 6.45) is 1.12. The number of rotatable bonds is 5. The van der Waals surface area contributed by atoms with Crippen molar-refractivity contribution in [1.29, 1.82) is 0 Å². The van der Waals surface area contributed by atoms with Gasteiger partial charge in [-0.15, -0.1) is 0 Å². The van der Waals surface area contributed by atoms with Gasteiger partial charge in [0.2, 0.25) is 5.91 Å². The van der Waals surface area contributed by atoms with Gasteiger partial charge in [0.05, 0.1) is 5.52 Å². The molecule has 3 aromatic rings. The van der Waals surface area contributed by atoms with Gasteiger partial charge in [-0.1, -0.05) is 29.3 Å². The van der Waals surface area contributed by atoms with Gasteiger partial charge in [0.1, 0.15) is 0 Å². The topological polar surface area (TPSA) is 69.6 Å². The fourth-order valence-corrected chi connectivity index (χ4v) is 5.51. The third-order valence-electron chi connectivity index (χ3n) is 6.36. The zero-order valence-electron chi connectivity index (χ0n) is 16.9. The van der Waals surface area contributed by atoms with Crippen LogP contribution in [0.5, 0.6) is 0 Å². The van der Waals surface area contributed by atoms with E-state index >= 15 is 0 Å². The first-order chi connectivity index (χ1) is 14.9. The minimum absolute atomic E-state index is 0.199. The van der Waals surface area contributed by atoms with E-state index in [-0.39, 0.29) is 5.91 Å². The van der Waals surface area contributed by atoms with Crippen LogP contribution in [0.1, 0.15) is 17.5 Å². The van der Waals surface area contributed by atoms with Gasteiger partial charge in [0.25, 0.3) is 0 Å². The predicted octanol–water partition coefficient (Wildman–Crippen LogP) is 3.95. The Balaban J connectivity index is 1.14. The number of nitrogens with one attached hydrogen (secondary N) is 1. The van der Waals surface area contributed by atoms with E-state index < -0.39 is 5.76 Å². The Bertz CT molecular complexity index is 1150. The van der Waals surface area contributed by atoms with Crippen LogP contribution in [0.3, 0.4) is 0 Å². The molecule has 3 heterocycles. The van der Waals surface area contributed by atoms with Crippen molar-refractivity contribution in [2.75, 3.05) is 26.2 Å². The second kappa shape index (κ2) is 8.34. The molecule has 0 aliphatic carbocycles. The number of benzene rings is 2. The number of carbonyl (C=O) groups excluding carboxylic acids is 1. The highest BCUT2D eigenvalue weighted by atomic mass is 35.5. The summed E-state index contributed by atoms with van der Waals surface area (Å²) in [5.74, 6) is 0.799. The van der Waals surface area contributed by atoms with Gasteiger partial charge in [-0.2, -0.15) is 0 Å². The number of halogens is 2. The minimum Gasteiger partial charge on any atom is -0.408 e. The molecule has 1 N–H and O–H groups in total. The number of hydrogen-bond donors (Lipinski definition) is 1. The van der Waals surface area contributed by atoms with Gasteiger partial charge >= 0.3 is 5.76 Å². The molecule has 0 spiro atoms. The number of hydrogen-bond acceptors (Lipinski definition) is 4. The number of aryl methyl sites for hydroxylation is 1. The van der Waals surface area contributed by atoms with Crippen molar-refractivity contribution in [2.24, 2.45) is 11.8 Å². The zero-order chi connectivity index (χ0) is 21.5. The summed E-state index contributed by atoms with van der Waals surface area (Å²) in [7, 11) is 0. The molecule has 0 radical (unpaired) electrons. The van der Waals surface area contributed by atoms with Gasteiger partial charge < -0.3 is 9.32 Å². The molecular weight excluding hydrogens is 437 g/mol. The smallest absolute Gasteiger partial charge is 0.408 e. The van der Waals surface area contributed by atoms with E-state index in [4.69, 9.17) is 27.6 Å². The van der Waals surface area contributed by atoms with Crippen LogP contribution in [0.2, 0.25) is 10.0 Å². The van der Waals surface area contributed by atoms with Crippen LogP contribution in [0, 0.1) is 11.8 Å². The van der Waals surface area contributed by atoms with Crippen molar-refractivity contribution < 1.29 is 9.21 Å². The molecule has 162 valence electrons. The molecular formula is C23H23Cl2N3O3. The van der Waals surface area contributed by atoms with Crippen LogP contribution in [-0.4, -0.2) is 46.9 Å². The standard InChI is InChI=1S/C23H23Cl2N3O3/c24-18-5-14(6-19(25)8-18)2-4-22(29)28-12-16-10-27(11-17(16)13-28)9-15-1-3-20-21(7-15)31-23(30)26-20/h1,3,5-8,16-17H,2,4,9-13H2,(H,26,30)/t16-,17+. The highest BCUT2D eigenvalue weighted by molar-refractivity contribution is 6.34. The van der Waals surface area contributed by atoms with E-state index in [0.29, 0.717) is 40.3 Å². The molecule has 6 nitrogen and oxygen atoms in total. The number of fused-ring (bicyclic) bond motifs is 2. The molecule has 2 atom stereocenters. The third kappa shape index (κ3) is 4.52. The van der Waals surface area contributed by atoms with E-state index in [2.05, 4.69) is 9.88 Å². The lowest BCUT2D eigenvalue weighted by molar-refractivity contribution is -0.130. The quantitative estimate of drug-likeness (QED) is 0.626. The highest BCUT2D eigenvalue weighted by Gasteiger charge is 2.41. The van der Waals surface area contributed by atoms with Gasteiger partial charge in [-0.05, 0) is 59.7 Å². The summed E-state index contributed by atoms with van der Waals surface area (Å²) in [4.78, 5) is 31.2. The lowest BCUT2D eigenvalue weighted by Crippen LogP contribution is -2.33. The zero-order valence-corrected chi connectivity index (χ0v) is 18.5. The largest absolute Gasteiger partial charge is 0.417 e. The lowest BCUT2D eigenvalue weighted by Gasteiger charge is -2.22. The van der Waals surface area contributed by atoms with Crippen molar-refractivity contribution >= 4 is 40.2 Å². The van der Waals surface area contributed by atoms with E-state index in [1.807, 2.05) is 35.2 Å². The first kappa shape index (κ1) is 20.6. The Hall–Kier alpha value is -2.28. The van der Waals surface area contributed by atoms with E-state index in [9.17, 15) is 9.59 Å². The first-order valence-corrected chi connectivity index (χ1v) is 11.3. The average Bonchev–Trinajstić information content (AvgIpc) is 3.37. The molecule has 2 fully saturated rings. The van der Waals surface area contributed by atoms with E-state index in [1.54, 1.807) is 6.07 Å². The summed E-state index contributed by atoms with van der Waals surface area (Å²) in [6.45, 7) is 4.42. The fourth-order valence-electron chi connectivity index (χ4n) is 4.93. The van der Waals surface area contributed by atoms with Crippen molar-refractivity contribution in [2.45, 2.75) is 19.4 Å². The SMILES string of the molecule is O=C(CCc1cc(Cl)cc(Cl)c1)N1C[C@H]2CN(Cc3ccc4[nH]c(=O)oc4c3)C[C@H]2C1. The van der Waals surface area contributed by atoms with Gasteiger partial charge in [-0.25, -0.2) is 4.79 Å².